The van der Waals surface area contributed by atoms with Gasteiger partial charge >= 0.3 is 0 Å². The molecule has 1 N–H and O–H groups in total. The maximum absolute atomic E-state index is 13.8. The molecule has 5 heteroatoms. The van der Waals surface area contributed by atoms with Crippen molar-refractivity contribution in [3.05, 3.63) is 47.5 Å². The number of nitrogens with one attached hydrogen (secondary N) is 1. The summed E-state index contributed by atoms with van der Waals surface area (Å²) in [7, 11) is 0. The number of aromatic nitrogens is 2. The minimum atomic E-state index is -0.364. The van der Waals surface area contributed by atoms with Crippen LogP contribution >= 0.6 is 0 Å². The normalized spacial score (nSPS) is 10.6. The molecule has 2 rings (SSSR count). The quantitative estimate of drug-likeness (QED) is 0.853. The lowest BCUT2D eigenvalue weighted by Crippen LogP contribution is -2.24. The zero-order valence-corrected chi connectivity index (χ0v) is 11.7. The second-order valence-corrected chi connectivity index (χ2v) is 4.62. The molecule has 4 nitrogen and oxygen atoms in total. The standard InChI is InChI=1S/C15H18FN3O/c1-3-4-9-17-15(20)12-10-18-19(11(12)2)14-8-6-5-7-13(14)16/h5-8,10H,3-4,9H2,1-2H3,(H,17,20). The van der Waals surface area contributed by atoms with Gasteiger partial charge < -0.3 is 5.32 Å². The number of hydrogen-bond acceptors (Lipinski definition) is 2. The summed E-state index contributed by atoms with van der Waals surface area (Å²) in [5, 5.41) is 6.95. The summed E-state index contributed by atoms with van der Waals surface area (Å²) in [6, 6.07) is 6.36. The van der Waals surface area contributed by atoms with E-state index in [0.717, 1.165) is 12.8 Å². The minimum absolute atomic E-state index is 0.168. The number of benzene rings is 1. The van der Waals surface area contributed by atoms with E-state index >= 15 is 0 Å². The van der Waals surface area contributed by atoms with Crippen molar-refractivity contribution in [3.63, 3.8) is 0 Å². The third-order valence-electron chi connectivity index (χ3n) is 3.15. The Balaban J connectivity index is 2.23. The first-order valence-corrected chi connectivity index (χ1v) is 6.73. The van der Waals surface area contributed by atoms with Gasteiger partial charge in [-0.05, 0) is 25.5 Å². The lowest BCUT2D eigenvalue weighted by Gasteiger charge is -2.07. The second kappa shape index (κ2) is 6.32. The highest BCUT2D eigenvalue weighted by Crippen LogP contribution is 2.16. The van der Waals surface area contributed by atoms with E-state index in [9.17, 15) is 9.18 Å². The van der Waals surface area contributed by atoms with Crippen molar-refractivity contribution in [3.8, 4) is 5.69 Å². The van der Waals surface area contributed by atoms with Gasteiger partial charge in [0, 0.05) is 6.54 Å². The van der Waals surface area contributed by atoms with Crippen LogP contribution < -0.4 is 5.32 Å². The predicted octanol–water partition coefficient (Wildman–Crippen LogP) is 2.85. The Bertz CT molecular complexity index is 607. The Morgan fingerprint density at radius 1 is 1.40 bits per heavy atom. The summed E-state index contributed by atoms with van der Waals surface area (Å²) in [6.07, 6.45) is 3.43. The summed E-state index contributed by atoms with van der Waals surface area (Å²) in [5.41, 5.74) is 1.45. The maximum atomic E-state index is 13.8. The number of halogens is 1. The third kappa shape index (κ3) is 2.87. The number of nitrogens with zero attached hydrogens (tertiary/aromatic N) is 2. The topological polar surface area (TPSA) is 46.9 Å². The number of amides is 1. The van der Waals surface area contributed by atoms with Gasteiger partial charge in [-0.1, -0.05) is 25.5 Å². The van der Waals surface area contributed by atoms with E-state index in [1.165, 1.54) is 16.9 Å². The molecule has 1 amide bonds. The molecule has 1 heterocycles. The van der Waals surface area contributed by atoms with Crippen LogP contribution in [0.5, 0.6) is 0 Å². The van der Waals surface area contributed by atoms with Crippen LogP contribution in [0.1, 0.15) is 35.8 Å². The summed E-state index contributed by atoms with van der Waals surface area (Å²) in [4.78, 5) is 12.0. The number of para-hydroxylation sites is 1. The van der Waals surface area contributed by atoms with Crippen LogP contribution in [0.3, 0.4) is 0 Å². The number of carbonyl (C=O) groups excluding carboxylic acids is 1. The smallest absolute Gasteiger partial charge is 0.254 e. The highest BCUT2D eigenvalue weighted by atomic mass is 19.1. The van der Waals surface area contributed by atoms with Gasteiger partial charge in [0.15, 0.2) is 0 Å². The first kappa shape index (κ1) is 14.2. The maximum Gasteiger partial charge on any atom is 0.254 e. The molecule has 1 aromatic heterocycles. The molecule has 0 spiro atoms. The molecule has 0 atom stereocenters. The zero-order valence-electron chi connectivity index (χ0n) is 11.7. The van der Waals surface area contributed by atoms with Gasteiger partial charge in [-0.2, -0.15) is 5.10 Å². The van der Waals surface area contributed by atoms with Gasteiger partial charge in [0.2, 0.25) is 0 Å². The molecular formula is C15H18FN3O. The fourth-order valence-corrected chi connectivity index (χ4v) is 1.97. The van der Waals surface area contributed by atoms with Gasteiger partial charge in [-0.3, -0.25) is 4.79 Å². The SMILES string of the molecule is CCCCNC(=O)c1cnn(-c2ccccc2F)c1C. The van der Waals surface area contributed by atoms with Crippen LogP contribution in [-0.2, 0) is 0 Å². The fraction of sp³-hybridized carbons (Fsp3) is 0.333. The average molecular weight is 275 g/mol. The Morgan fingerprint density at radius 2 is 2.15 bits per heavy atom. The molecule has 0 aliphatic carbocycles. The van der Waals surface area contributed by atoms with Crippen LogP contribution in [-0.4, -0.2) is 22.2 Å². The van der Waals surface area contributed by atoms with Crippen LogP contribution in [0.15, 0.2) is 30.5 Å². The molecule has 0 bridgehead atoms. The van der Waals surface area contributed by atoms with Gasteiger partial charge in [-0.15, -0.1) is 0 Å². The summed E-state index contributed by atoms with van der Waals surface area (Å²) >= 11 is 0. The van der Waals surface area contributed by atoms with Gasteiger partial charge in [0.25, 0.3) is 5.91 Å². The molecule has 0 fully saturated rings. The Labute approximate surface area is 117 Å². The molecule has 0 aliphatic heterocycles. The van der Waals surface area contributed by atoms with E-state index in [4.69, 9.17) is 0 Å². The summed E-state index contributed by atoms with van der Waals surface area (Å²) in [6.45, 7) is 4.46. The van der Waals surface area contributed by atoms with Crippen LogP contribution in [0.2, 0.25) is 0 Å². The van der Waals surface area contributed by atoms with E-state index < -0.39 is 0 Å². The van der Waals surface area contributed by atoms with Gasteiger partial charge in [-0.25, -0.2) is 9.07 Å². The van der Waals surface area contributed by atoms with Crippen molar-refractivity contribution in [1.82, 2.24) is 15.1 Å². The van der Waals surface area contributed by atoms with E-state index in [1.54, 1.807) is 25.1 Å². The van der Waals surface area contributed by atoms with Crippen molar-refractivity contribution < 1.29 is 9.18 Å². The number of rotatable bonds is 5. The minimum Gasteiger partial charge on any atom is -0.352 e. The zero-order chi connectivity index (χ0) is 14.5. The molecule has 2 aromatic rings. The molecule has 0 aliphatic rings. The number of unbranched alkanes of at least 4 members (excludes halogenated alkanes) is 1. The fourth-order valence-electron chi connectivity index (χ4n) is 1.97. The molecule has 0 saturated carbocycles. The monoisotopic (exact) mass is 275 g/mol. The van der Waals surface area contributed by atoms with Crippen molar-refractivity contribution in [1.29, 1.82) is 0 Å². The van der Waals surface area contributed by atoms with Crippen LogP contribution in [0, 0.1) is 12.7 Å². The lowest BCUT2D eigenvalue weighted by atomic mass is 10.2. The highest BCUT2D eigenvalue weighted by Gasteiger charge is 2.16. The average Bonchev–Trinajstić information content (AvgIpc) is 2.81. The first-order chi connectivity index (χ1) is 9.65. The van der Waals surface area contributed by atoms with Crippen LogP contribution in [0.4, 0.5) is 4.39 Å². The van der Waals surface area contributed by atoms with E-state index in [2.05, 4.69) is 17.3 Å². The Hall–Kier alpha value is -2.17. The molecule has 0 radical (unpaired) electrons. The van der Waals surface area contributed by atoms with E-state index in [-0.39, 0.29) is 11.7 Å². The largest absolute Gasteiger partial charge is 0.352 e. The number of carbonyl (C=O) groups is 1. The highest BCUT2D eigenvalue weighted by molar-refractivity contribution is 5.95. The van der Waals surface area contributed by atoms with Crippen molar-refractivity contribution in [2.24, 2.45) is 0 Å². The van der Waals surface area contributed by atoms with Crippen LogP contribution in [0.25, 0.3) is 5.69 Å². The molecular weight excluding hydrogens is 257 g/mol. The summed E-state index contributed by atoms with van der Waals surface area (Å²) in [5.74, 6) is -0.532. The first-order valence-electron chi connectivity index (χ1n) is 6.73. The van der Waals surface area contributed by atoms with Crippen molar-refractivity contribution in [2.45, 2.75) is 26.7 Å². The Morgan fingerprint density at radius 3 is 2.85 bits per heavy atom. The van der Waals surface area contributed by atoms with E-state index in [0.29, 0.717) is 23.5 Å². The molecule has 106 valence electrons. The number of hydrogen-bond donors (Lipinski definition) is 1. The third-order valence-corrected chi connectivity index (χ3v) is 3.15. The second-order valence-electron chi connectivity index (χ2n) is 4.62. The molecule has 1 aromatic carbocycles. The predicted molar refractivity (Wildman–Crippen MR) is 75.5 cm³/mol. The van der Waals surface area contributed by atoms with Crippen molar-refractivity contribution in [2.75, 3.05) is 6.54 Å². The van der Waals surface area contributed by atoms with Gasteiger partial charge in [0.1, 0.15) is 11.5 Å². The lowest BCUT2D eigenvalue weighted by molar-refractivity contribution is 0.0952. The van der Waals surface area contributed by atoms with Gasteiger partial charge in [0.05, 0.1) is 17.5 Å². The van der Waals surface area contributed by atoms with Crippen molar-refractivity contribution >= 4 is 5.91 Å². The Kier molecular flexibility index (Phi) is 4.50. The molecule has 0 unspecified atom stereocenters. The molecule has 0 saturated heterocycles. The molecule has 20 heavy (non-hydrogen) atoms. The van der Waals surface area contributed by atoms with E-state index in [1.807, 2.05) is 0 Å². The summed E-state index contributed by atoms with van der Waals surface area (Å²) < 4.78 is 15.2.